The van der Waals surface area contributed by atoms with E-state index in [0.717, 1.165) is 17.5 Å². The predicted octanol–water partition coefficient (Wildman–Crippen LogP) is 0.630. The molecule has 0 aliphatic rings. The van der Waals surface area contributed by atoms with E-state index >= 15 is 0 Å². The fourth-order valence-corrected chi connectivity index (χ4v) is 1.93. The minimum atomic E-state index is -1.15. The molecule has 5 nitrogen and oxygen atoms in total. The Kier molecular flexibility index (Phi) is 3.99. The van der Waals surface area contributed by atoms with Crippen molar-refractivity contribution in [3.63, 3.8) is 0 Å². The molecule has 1 aromatic rings. The zero-order valence-corrected chi connectivity index (χ0v) is 9.32. The molecule has 1 rings (SSSR count). The van der Waals surface area contributed by atoms with E-state index in [-0.39, 0.29) is 15.2 Å². The van der Waals surface area contributed by atoms with Crippen LogP contribution in [0.25, 0.3) is 0 Å². The van der Waals surface area contributed by atoms with Gasteiger partial charge in [0.15, 0.2) is 0 Å². The molecule has 0 bridgehead atoms. The Balaban J connectivity index is 2.81. The number of thiazole rings is 1. The molecule has 78 valence electrons. The van der Waals surface area contributed by atoms with Crippen LogP contribution in [-0.2, 0) is 0 Å². The summed E-state index contributed by atoms with van der Waals surface area (Å²) in [6.45, 7) is 0. The van der Waals surface area contributed by atoms with Crippen molar-refractivity contribution in [2.45, 2.75) is 12.2 Å². The van der Waals surface area contributed by atoms with Crippen LogP contribution in [-0.4, -0.2) is 37.7 Å². The van der Waals surface area contributed by atoms with Crippen molar-refractivity contribution in [1.29, 1.82) is 0 Å². The van der Waals surface area contributed by atoms with Gasteiger partial charge >= 0.3 is 5.97 Å². The Bertz CT molecular complexity index is 329. The van der Waals surface area contributed by atoms with Gasteiger partial charge in [-0.1, -0.05) is 15.9 Å². The maximum absolute atomic E-state index is 10.5. The molecule has 0 aliphatic heterocycles. The summed E-state index contributed by atoms with van der Waals surface area (Å²) in [5.41, 5.74) is 0. The minimum absolute atomic E-state index is 0.0424. The number of alkyl halides is 1. The number of carbonyl (C=O) groups is 1. The number of carboxylic acids is 1. The number of aromatic carboxylic acids is 1. The first-order valence-electron chi connectivity index (χ1n) is 3.67. The van der Waals surface area contributed by atoms with Crippen molar-refractivity contribution < 1.29 is 20.1 Å². The van der Waals surface area contributed by atoms with Gasteiger partial charge in [0.1, 0.15) is 16.0 Å². The standard InChI is InChI=1S/C7H8BrNO4S/c8-1-3(10)5(11)6-9-2-4(14-6)7(12)13/h2-3,5,10-11H,1H2,(H,12,13). The first-order chi connectivity index (χ1) is 6.56. The highest BCUT2D eigenvalue weighted by molar-refractivity contribution is 9.09. The van der Waals surface area contributed by atoms with Crippen LogP contribution < -0.4 is 0 Å². The van der Waals surface area contributed by atoms with E-state index in [4.69, 9.17) is 5.11 Å². The summed E-state index contributed by atoms with van der Waals surface area (Å²) in [4.78, 5) is 14.2. The quantitative estimate of drug-likeness (QED) is 0.705. The molecular formula is C7H8BrNO4S. The lowest BCUT2D eigenvalue weighted by Crippen LogP contribution is -2.19. The summed E-state index contributed by atoms with van der Waals surface area (Å²) in [5, 5.41) is 27.7. The molecule has 0 saturated heterocycles. The summed E-state index contributed by atoms with van der Waals surface area (Å²) in [6, 6.07) is 0. The van der Waals surface area contributed by atoms with Crippen molar-refractivity contribution in [2.75, 3.05) is 5.33 Å². The molecule has 0 amide bonds. The maximum Gasteiger partial charge on any atom is 0.347 e. The van der Waals surface area contributed by atoms with Crippen molar-refractivity contribution in [1.82, 2.24) is 4.98 Å². The van der Waals surface area contributed by atoms with Gasteiger partial charge in [-0.15, -0.1) is 11.3 Å². The van der Waals surface area contributed by atoms with Gasteiger partial charge in [-0.25, -0.2) is 9.78 Å². The highest BCUT2D eigenvalue weighted by atomic mass is 79.9. The van der Waals surface area contributed by atoms with Crippen LogP contribution in [0.1, 0.15) is 20.8 Å². The number of aliphatic hydroxyl groups excluding tert-OH is 2. The summed E-state index contributed by atoms with van der Waals surface area (Å²) in [5.74, 6) is -1.09. The lowest BCUT2D eigenvalue weighted by Gasteiger charge is -2.11. The summed E-state index contributed by atoms with van der Waals surface area (Å²) in [7, 11) is 0. The van der Waals surface area contributed by atoms with Crippen LogP contribution in [0.5, 0.6) is 0 Å². The third kappa shape index (κ3) is 2.50. The Hall–Kier alpha value is -0.500. The number of nitrogens with zero attached hydrogens (tertiary/aromatic N) is 1. The molecule has 0 spiro atoms. The fraction of sp³-hybridized carbons (Fsp3) is 0.429. The number of hydrogen-bond acceptors (Lipinski definition) is 5. The number of carboxylic acid groups (broad SMARTS) is 1. The van der Waals surface area contributed by atoms with E-state index in [0.29, 0.717) is 0 Å². The monoisotopic (exact) mass is 281 g/mol. The molecule has 0 saturated carbocycles. The van der Waals surface area contributed by atoms with Gasteiger partial charge in [-0.05, 0) is 0 Å². The molecule has 14 heavy (non-hydrogen) atoms. The summed E-state index contributed by atoms with van der Waals surface area (Å²) >= 11 is 3.85. The third-order valence-electron chi connectivity index (χ3n) is 1.51. The Morgan fingerprint density at radius 3 is 2.71 bits per heavy atom. The topological polar surface area (TPSA) is 90.7 Å². The second-order valence-corrected chi connectivity index (χ2v) is 4.24. The van der Waals surface area contributed by atoms with Crippen LogP contribution >= 0.6 is 27.3 Å². The molecule has 1 heterocycles. The zero-order chi connectivity index (χ0) is 10.7. The highest BCUT2D eigenvalue weighted by Crippen LogP contribution is 2.23. The minimum Gasteiger partial charge on any atom is -0.477 e. The van der Waals surface area contributed by atoms with E-state index < -0.39 is 18.2 Å². The van der Waals surface area contributed by atoms with Gasteiger partial charge in [-0.2, -0.15) is 0 Å². The molecule has 0 radical (unpaired) electrons. The zero-order valence-electron chi connectivity index (χ0n) is 6.92. The smallest absolute Gasteiger partial charge is 0.347 e. The van der Waals surface area contributed by atoms with Crippen LogP contribution in [0.15, 0.2) is 6.20 Å². The first kappa shape index (κ1) is 11.6. The van der Waals surface area contributed by atoms with Gasteiger partial charge in [0.05, 0.1) is 12.3 Å². The van der Waals surface area contributed by atoms with Gasteiger partial charge < -0.3 is 15.3 Å². The average Bonchev–Trinajstić information content (AvgIpc) is 2.64. The van der Waals surface area contributed by atoms with E-state index in [9.17, 15) is 15.0 Å². The molecule has 2 atom stereocenters. The van der Waals surface area contributed by atoms with E-state index in [1.54, 1.807) is 0 Å². The van der Waals surface area contributed by atoms with Gasteiger partial charge in [0.25, 0.3) is 0 Å². The predicted molar refractivity (Wildman–Crippen MR) is 53.8 cm³/mol. The maximum atomic E-state index is 10.5. The Morgan fingerprint density at radius 2 is 2.29 bits per heavy atom. The number of aliphatic hydroxyl groups is 2. The number of halogens is 1. The summed E-state index contributed by atoms with van der Waals surface area (Å²) < 4.78 is 0. The van der Waals surface area contributed by atoms with Crippen LogP contribution in [0.3, 0.4) is 0 Å². The number of hydrogen-bond donors (Lipinski definition) is 3. The van der Waals surface area contributed by atoms with E-state index in [2.05, 4.69) is 20.9 Å². The second-order valence-electron chi connectivity index (χ2n) is 2.53. The lowest BCUT2D eigenvalue weighted by atomic mass is 10.2. The molecule has 3 N–H and O–H groups in total. The van der Waals surface area contributed by atoms with E-state index in [1.807, 2.05) is 0 Å². The average molecular weight is 282 g/mol. The van der Waals surface area contributed by atoms with Crippen molar-refractivity contribution >= 4 is 33.2 Å². The van der Waals surface area contributed by atoms with Crippen molar-refractivity contribution in [3.8, 4) is 0 Å². The highest BCUT2D eigenvalue weighted by Gasteiger charge is 2.21. The van der Waals surface area contributed by atoms with Crippen molar-refractivity contribution in [3.05, 3.63) is 16.1 Å². The summed E-state index contributed by atoms with van der Waals surface area (Å²) in [6.07, 6.45) is -0.970. The van der Waals surface area contributed by atoms with E-state index in [1.165, 1.54) is 0 Å². The lowest BCUT2D eigenvalue weighted by molar-refractivity contribution is 0.0341. The SMILES string of the molecule is O=C(O)c1cnc(C(O)C(O)CBr)s1. The largest absolute Gasteiger partial charge is 0.477 e. The van der Waals surface area contributed by atoms with Crippen LogP contribution in [0.4, 0.5) is 0 Å². The van der Waals surface area contributed by atoms with Gasteiger partial charge in [-0.3, -0.25) is 0 Å². The van der Waals surface area contributed by atoms with Gasteiger partial charge in [0.2, 0.25) is 0 Å². The first-order valence-corrected chi connectivity index (χ1v) is 5.61. The Morgan fingerprint density at radius 1 is 1.64 bits per heavy atom. The molecule has 0 fully saturated rings. The molecular weight excluding hydrogens is 274 g/mol. The normalized spacial score (nSPS) is 15.1. The van der Waals surface area contributed by atoms with Crippen molar-refractivity contribution in [2.24, 2.45) is 0 Å². The van der Waals surface area contributed by atoms with Crippen LogP contribution in [0, 0.1) is 0 Å². The van der Waals surface area contributed by atoms with Gasteiger partial charge in [0, 0.05) is 5.33 Å². The number of aromatic nitrogens is 1. The third-order valence-corrected chi connectivity index (χ3v) is 3.23. The Labute approximate surface area is 92.2 Å². The molecule has 2 unspecified atom stereocenters. The molecule has 0 aliphatic carbocycles. The second kappa shape index (κ2) is 4.83. The number of rotatable bonds is 4. The fourth-order valence-electron chi connectivity index (χ4n) is 0.772. The molecule has 1 aromatic heterocycles. The molecule has 7 heteroatoms. The molecule has 0 aromatic carbocycles. The van der Waals surface area contributed by atoms with Crippen LogP contribution in [0.2, 0.25) is 0 Å².